The van der Waals surface area contributed by atoms with Gasteiger partial charge in [-0.2, -0.15) is 0 Å². The molecule has 1 heterocycles. The van der Waals surface area contributed by atoms with Crippen molar-refractivity contribution in [3.63, 3.8) is 0 Å². The number of hydrogen-bond acceptors (Lipinski definition) is 3. The van der Waals surface area contributed by atoms with Crippen molar-refractivity contribution in [2.75, 3.05) is 0 Å². The molecule has 0 unspecified atom stereocenters. The summed E-state index contributed by atoms with van der Waals surface area (Å²) in [6, 6.07) is 0. The minimum absolute atomic E-state index is 0.163. The fourth-order valence-corrected chi connectivity index (χ4v) is 2.90. The molecule has 0 saturated carbocycles. The zero-order chi connectivity index (χ0) is 15.3. The molecule has 0 aromatic heterocycles. The summed E-state index contributed by atoms with van der Waals surface area (Å²) in [5.41, 5.74) is 0. The Morgan fingerprint density at radius 3 is 1.55 bits per heavy atom. The van der Waals surface area contributed by atoms with Gasteiger partial charge in [0.25, 0.3) is 0 Å². The Balaban J connectivity index is 3.00. The molecule has 1 aliphatic rings. The largest absolute Gasteiger partial charge is 0.508 e. The van der Waals surface area contributed by atoms with Crippen LogP contribution >= 0.6 is 0 Å². The van der Waals surface area contributed by atoms with Crippen LogP contribution in [-0.2, 0) is 9.47 Å². The van der Waals surface area contributed by atoms with E-state index in [4.69, 9.17) is 9.47 Å². The van der Waals surface area contributed by atoms with Gasteiger partial charge in [0.2, 0.25) is 0 Å². The van der Waals surface area contributed by atoms with Gasteiger partial charge in [0.1, 0.15) is 12.2 Å². The Kier molecular flexibility index (Phi) is 6.31. The highest BCUT2D eigenvalue weighted by Gasteiger charge is 2.34. The second-order valence-electron chi connectivity index (χ2n) is 6.28. The molecule has 0 spiro atoms. The van der Waals surface area contributed by atoms with E-state index in [0.29, 0.717) is 0 Å². The maximum Gasteiger partial charge on any atom is 0.508 e. The highest BCUT2D eigenvalue weighted by Crippen LogP contribution is 2.31. The van der Waals surface area contributed by atoms with Crippen molar-refractivity contribution in [2.24, 2.45) is 23.7 Å². The molecular weight excluding hydrogens is 252 g/mol. The SMILES string of the molecule is C=C[C@H]1CC[C@H](C=C)[C@@H](C(C)C)OC(=O)O[C@@H]1C(C)C. The summed E-state index contributed by atoms with van der Waals surface area (Å²) in [7, 11) is 0. The minimum atomic E-state index is -0.567. The summed E-state index contributed by atoms with van der Waals surface area (Å²) >= 11 is 0. The van der Waals surface area contributed by atoms with Crippen LogP contribution in [0.25, 0.3) is 0 Å². The van der Waals surface area contributed by atoms with E-state index in [1.807, 2.05) is 12.2 Å². The van der Waals surface area contributed by atoms with Gasteiger partial charge in [-0.3, -0.25) is 0 Å². The predicted molar refractivity (Wildman–Crippen MR) is 81.4 cm³/mol. The van der Waals surface area contributed by atoms with Crippen molar-refractivity contribution < 1.29 is 14.3 Å². The monoisotopic (exact) mass is 280 g/mol. The maximum atomic E-state index is 12.0. The third-order valence-electron chi connectivity index (χ3n) is 4.06. The second-order valence-corrected chi connectivity index (χ2v) is 6.28. The average Bonchev–Trinajstić information content (AvgIpc) is 2.45. The van der Waals surface area contributed by atoms with Gasteiger partial charge in [-0.25, -0.2) is 4.79 Å². The fraction of sp³-hybridized carbons (Fsp3) is 0.706. The third-order valence-corrected chi connectivity index (χ3v) is 4.06. The first-order valence-electron chi connectivity index (χ1n) is 7.53. The molecule has 1 saturated heterocycles. The van der Waals surface area contributed by atoms with Crippen molar-refractivity contribution in [1.82, 2.24) is 0 Å². The lowest BCUT2D eigenvalue weighted by Crippen LogP contribution is -2.33. The van der Waals surface area contributed by atoms with E-state index in [9.17, 15) is 4.79 Å². The number of rotatable bonds is 4. The lowest BCUT2D eigenvalue weighted by atomic mass is 9.83. The molecule has 1 aliphatic heterocycles. The van der Waals surface area contributed by atoms with E-state index in [-0.39, 0.29) is 35.9 Å². The Morgan fingerprint density at radius 1 is 0.950 bits per heavy atom. The van der Waals surface area contributed by atoms with Gasteiger partial charge in [-0.05, 0) is 24.7 Å². The van der Waals surface area contributed by atoms with Crippen molar-refractivity contribution in [2.45, 2.75) is 52.7 Å². The molecule has 4 atom stereocenters. The van der Waals surface area contributed by atoms with E-state index >= 15 is 0 Å². The van der Waals surface area contributed by atoms with Gasteiger partial charge < -0.3 is 9.47 Å². The zero-order valence-corrected chi connectivity index (χ0v) is 13.2. The molecule has 1 rings (SSSR count). The Labute approximate surface area is 123 Å². The normalized spacial score (nSPS) is 31.8. The number of ether oxygens (including phenoxy) is 2. The molecule has 0 aromatic carbocycles. The summed E-state index contributed by atoms with van der Waals surface area (Å²) in [5, 5.41) is 0. The zero-order valence-electron chi connectivity index (χ0n) is 13.2. The van der Waals surface area contributed by atoms with E-state index in [2.05, 4.69) is 40.9 Å². The van der Waals surface area contributed by atoms with Crippen LogP contribution in [0.4, 0.5) is 4.79 Å². The Bertz CT molecular complexity index is 314. The first-order valence-corrected chi connectivity index (χ1v) is 7.53. The van der Waals surface area contributed by atoms with Crippen molar-refractivity contribution >= 4 is 6.16 Å². The summed E-state index contributed by atoms with van der Waals surface area (Å²) in [6.45, 7) is 16.0. The van der Waals surface area contributed by atoms with Crippen LogP contribution < -0.4 is 0 Å². The van der Waals surface area contributed by atoms with Crippen LogP contribution in [-0.4, -0.2) is 18.4 Å². The highest BCUT2D eigenvalue weighted by atomic mass is 16.7. The third kappa shape index (κ3) is 4.12. The van der Waals surface area contributed by atoms with Crippen molar-refractivity contribution in [1.29, 1.82) is 0 Å². The number of carbonyl (C=O) groups is 1. The van der Waals surface area contributed by atoms with Gasteiger partial charge in [0.15, 0.2) is 0 Å². The van der Waals surface area contributed by atoms with Crippen LogP contribution in [0.15, 0.2) is 25.3 Å². The molecule has 0 aromatic rings. The van der Waals surface area contributed by atoms with Crippen LogP contribution in [0.1, 0.15) is 40.5 Å². The van der Waals surface area contributed by atoms with Gasteiger partial charge in [-0.1, -0.05) is 39.8 Å². The van der Waals surface area contributed by atoms with Crippen LogP contribution in [0, 0.1) is 23.7 Å². The van der Waals surface area contributed by atoms with Crippen LogP contribution in [0.3, 0.4) is 0 Å². The lowest BCUT2D eigenvalue weighted by Gasteiger charge is -2.27. The summed E-state index contributed by atoms with van der Waals surface area (Å²) < 4.78 is 11.1. The quantitative estimate of drug-likeness (QED) is 0.558. The summed E-state index contributed by atoms with van der Waals surface area (Å²) in [6.07, 6.45) is 4.75. The van der Waals surface area contributed by atoms with E-state index in [0.717, 1.165) is 12.8 Å². The van der Waals surface area contributed by atoms with Gasteiger partial charge in [0.05, 0.1) is 0 Å². The number of hydrogen-bond donors (Lipinski definition) is 0. The number of cyclic esters (lactones) is 2. The minimum Gasteiger partial charge on any atom is -0.430 e. The smallest absolute Gasteiger partial charge is 0.430 e. The average molecular weight is 280 g/mol. The molecule has 3 nitrogen and oxygen atoms in total. The van der Waals surface area contributed by atoms with Crippen LogP contribution in [0.5, 0.6) is 0 Å². The summed E-state index contributed by atoms with van der Waals surface area (Å²) in [5.74, 6) is 0.804. The molecule has 0 radical (unpaired) electrons. The number of carbonyl (C=O) groups excluding carboxylic acids is 1. The van der Waals surface area contributed by atoms with Gasteiger partial charge in [-0.15, -0.1) is 13.2 Å². The molecule has 3 heteroatoms. The topological polar surface area (TPSA) is 35.5 Å². The lowest BCUT2D eigenvalue weighted by molar-refractivity contribution is -0.0367. The Morgan fingerprint density at radius 2 is 1.30 bits per heavy atom. The molecule has 0 aliphatic carbocycles. The van der Waals surface area contributed by atoms with Crippen molar-refractivity contribution in [3.8, 4) is 0 Å². The van der Waals surface area contributed by atoms with Crippen molar-refractivity contribution in [3.05, 3.63) is 25.3 Å². The first kappa shape index (κ1) is 16.8. The van der Waals surface area contributed by atoms with Gasteiger partial charge in [0, 0.05) is 11.8 Å². The molecule has 0 amide bonds. The molecular formula is C17H28O3. The fourth-order valence-electron chi connectivity index (χ4n) is 2.90. The second kappa shape index (κ2) is 7.51. The molecule has 0 bridgehead atoms. The predicted octanol–water partition coefficient (Wildman–Crippen LogP) is 4.59. The maximum absolute atomic E-state index is 12.0. The molecule has 20 heavy (non-hydrogen) atoms. The molecule has 0 N–H and O–H groups in total. The van der Waals surface area contributed by atoms with E-state index in [1.54, 1.807) is 0 Å². The van der Waals surface area contributed by atoms with E-state index < -0.39 is 6.16 Å². The first-order chi connectivity index (χ1) is 9.40. The standard InChI is InChI=1S/C17H28O3/c1-7-13-9-10-14(8-2)16(12(5)6)20-17(18)19-15(13)11(3)4/h7-8,11-16H,1-2,9-10H2,3-6H3/t13-,14-,15+,16+/m0/s1. The van der Waals surface area contributed by atoms with E-state index in [1.165, 1.54) is 0 Å². The van der Waals surface area contributed by atoms with Crippen LogP contribution in [0.2, 0.25) is 0 Å². The summed E-state index contributed by atoms with van der Waals surface area (Å²) in [4.78, 5) is 12.0. The molecule has 1 fully saturated rings. The molecule has 114 valence electrons. The Hall–Kier alpha value is -1.25. The van der Waals surface area contributed by atoms with Gasteiger partial charge >= 0.3 is 6.16 Å². The highest BCUT2D eigenvalue weighted by molar-refractivity contribution is 5.60.